The molecule has 1 aliphatic carbocycles. The zero-order chi connectivity index (χ0) is 20.0. The van der Waals surface area contributed by atoms with Gasteiger partial charge in [0.2, 0.25) is 0 Å². The Bertz CT molecular complexity index is 663. The average molecular weight is 395 g/mol. The summed E-state index contributed by atoms with van der Waals surface area (Å²) in [6, 6.07) is 1.54. The molecule has 2 rings (SSSR count). The highest BCUT2D eigenvalue weighted by molar-refractivity contribution is 7.80. The molecule has 3 atom stereocenters. The smallest absolute Gasteiger partial charge is 0.187 e. The Morgan fingerprint density at radius 2 is 2.15 bits per heavy atom. The van der Waals surface area contributed by atoms with E-state index in [0.29, 0.717) is 11.8 Å². The minimum absolute atomic E-state index is 0.0473. The number of rotatable bonds is 9. The molecule has 0 saturated heterocycles. The van der Waals surface area contributed by atoms with E-state index in [4.69, 9.17) is 21.7 Å². The maximum Gasteiger partial charge on any atom is 0.187 e. The molecule has 0 aromatic carbocycles. The van der Waals surface area contributed by atoms with E-state index in [2.05, 4.69) is 24.1 Å². The molecule has 2 N–H and O–H groups in total. The monoisotopic (exact) mass is 394 g/mol. The second-order valence-electron chi connectivity index (χ2n) is 7.62. The minimum Gasteiger partial charge on any atom is -0.503 e. The summed E-state index contributed by atoms with van der Waals surface area (Å²) in [4.78, 5) is 16.0. The summed E-state index contributed by atoms with van der Waals surface area (Å²) in [5.41, 5.74) is -0.845. The molecule has 0 amide bonds. The first kappa shape index (κ1) is 21.6. The van der Waals surface area contributed by atoms with Gasteiger partial charge in [-0.3, -0.25) is 0 Å². The zero-order valence-corrected chi connectivity index (χ0v) is 17.3. The van der Waals surface area contributed by atoms with Crippen LogP contribution in [0.4, 0.5) is 0 Å². The third-order valence-electron chi connectivity index (χ3n) is 5.51. The standard InChI is InChI=1S/C20H30N2O4S/c1-13(15-7-5-6-8-15)14(2)26-12-20(3,11-23)22-19(27)17-18(24)16(25-4)9-10-21-17/h9-11,13-15,24H,5-8,12H2,1-4H3,(H,22,27)/t13-,14?,20-/m0/s1. The van der Waals surface area contributed by atoms with Crippen molar-refractivity contribution in [2.24, 2.45) is 11.8 Å². The average Bonchev–Trinajstić information content (AvgIpc) is 3.20. The van der Waals surface area contributed by atoms with Crippen LogP contribution in [0.3, 0.4) is 0 Å². The van der Waals surface area contributed by atoms with Crippen LogP contribution in [0.1, 0.15) is 52.1 Å². The molecule has 1 fully saturated rings. The molecule has 1 unspecified atom stereocenters. The molecule has 27 heavy (non-hydrogen) atoms. The lowest BCUT2D eigenvalue weighted by Crippen LogP contribution is -2.51. The van der Waals surface area contributed by atoms with Crippen molar-refractivity contribution < 1.29 is 19.4 Å². The molecule has 0 aliphatic heterocycles. The van der Waals surface area contributed by atoms with Crippen LogP contribution in [0.5, 0.6) is 11.5 Å². The lowest BCUT2D eigenvalue weighted by atomic mass is 9.88. The number of aromatic hydroxyl groups is 1. The van der Waals surface area contributed by atoms with E-state index in [0.717, 1.165) is 6.29 Å². The summed E-state index contributed by atoms with van der Waals surface area (Å²) >= 11 is 5.35. The summed E-state index contributed by atoms with van der Waals surface area (Å²) in [7, 11) is 1.45. The van der Waals surface area contributed by atoms with E-state index < -0.39 is 5.54 Å². The predicted molar refractivity (Wildman–Crippen MR) is 108 cm³/mol. The molecule has 1 aliphatic rings. The number of hydrogen-bond donors (Lipinski definition) is 2. The van der Waals surface area contributed by atoms with Crippen LogP contribution in [0.15, 0.2) is 12.3 Å². The van der Waals surface area contributed by atoms with Crippen molar-refractivity contribution in [1.82, 2.24) is 10.3 Å². The number of nitrogens with one attached hydrogen (secondary N) is 1. The molecule has 1 aromatic heterocycles. The van der Waals surface area contributed by atoms with Gasteiger partial charge in [-0.25, -0.2) is 4.98 Å². The lowest BCUT2D eigenvalue weighted by Gasteiger charge is -2.31. The summed E-state index contributed by atoms with van der Waals surface area (Å²) in [6.07, 6.45) is 7.41. The van der Waals surface area contributed by atoms with Crippen molar-refractivity contribution in [1.29, 1.82) is 0 Å². The molecule has 0 spiro atoms. The van der Waals surface area contributed by atoms with Gasteiger partial charge in [-0.05, 0) is 25.7 Å². The van der Waals surface area contributed by atoms with Crippen molar-refractivity contribution in [2.75, 3.05) is 13.7 Å². The maximum absolute atomic E-state index is 11.7. The first-order valence-corrected chi connectivity index (χ1v) is 9.84. The van der Waals surface area contributed by atoms with Gasteiger partial charge in [0.25, 0.3) is 0 Å². The number of ether oxygens (including phenoxy) is 2. The third kappa shape index (κ3) is 5.39. The number of pyridine rings is 1. The van der Waals surface area contributed by atoms with Crippen LogP contribution < -0.4 is 10.1 Å². The van der Waals surface area contributed by atoms with Gasteiger partial charge in [-0.1, -0.05) is 44.8 Å². The van der Waals surface area contributed by atoms with Crippen molar-refractivity contribution in [3.8, 4) is 11.5 Å². The van der Waals surface area contributed by atoms with Crippen LogP contribution in [-0.2, 0) is 9.53 Å². The van der Waals surface area contributed by atoms with E-state index in [1.807, 2.05) is 0 Å². The number of carbonyl (C=O) groups excluding carboxylic acids is 1. The van der Waals surface area contributed by atoms with Gasteiger partial charge in [0.15, 0.2) is 11.5 Å². The van der Waals surface area contributed by atoms with Crippen molar-refractivity contribution in [2.45, 2.75) is 58.1 Å². The molecule has 1 saturated carbocycles. The van der Waals surface area contributed by atoms with Crippen LogP contribution >= 0.6 is 12.2 Å². The number of aromatic nitrogens is 1. The fourth-order valence-electron chi connectivity index (χ4n) is 3.51. The minimum atomic E-state index is -1.02. The Morgan fingerprint density at radius 1 is 1.48 bits per heavy atom. The van der Waals surface area contributed by atoms with E-state index in [-0.39, 0.29) is 34.9 Å². The number of thiocarbonyl (C=S) groups is 1. The fraction of sp³-hybridized carbons (Fsp3) is 0.650. The van der Waals surface area contributed by atoms with Crippen LogP contribution in [0.25, 0.3) is 0 Å². The topological polar surface area (TPSA) is 80.7 Å². The largest absolute Gasteiger partial charge is 0.503 e. The second kappa shape index (κ2) is 9.46. The molecule has 150 valence electrons. The van der Waals surface area contributed by atoms with Gasteiger partial charge < -0.3 is 24.7 Å². The van der Waals surface area contributed by atoms with Gasteiger partial charge >= 0.3 is 0 Å². The van der Waals surface area contributed by atoms with Crippen molar-refractivity contribution in [3.05, 3.63) is 18.0 Å². The number of methoxy groups -OCH3 is 1. The molecular formula is C20H30N2O4S. The Balaban J connectivity index is 1.99. The number of carbonyl (C=O) groups is 1. The molecule has 0 radical (unpaired) electrons. The molecule has 7 heteroatoms. The second-order valence-corrected chi connectivity index (χ2v) is 8.03. The van der Waals surface area contributed by atoms with Gasteiger partial charge in [0, 0.05) is 12.3 Å². The van der Waals surface area contributed by atoms with E-state index in [1.54, 1.807) is 6.92 Å². The van der Waals surface area contributed by atoms with E-state index >= 15 is 0 Å². The fourth-order valence-corrected chi connectivity index (χ4v) is 3.89. The van der Waals surface area contributed by atoms with Gasteiger partial charge in [-0.2, -0.15) is 0 Å². The lowest BCUT2D eigenvalue weighted by molar-refractivity contribution is -0.116. The van der Waals surface area contributed by atoms with Gasteiger partial charge in [0.05, 0.1) is 19.8 Å². The summed E-state index contributed by atoms with van der Waals surface area (Å²) in [5.74, 6) is 1.25. The van der Waals surface area contributed by atoms with E-state index in [9.17, 15) is 9.90 Å². The first-order chi connectivity index (χ1) is 12.8. The summed E-state index contributed by atoms with van der Waals surface area (Å²) in [6.45, 7) is 6.17. The van der Waals surface area contributed by atoms with Crippen LogP contribution in [-0.4, -0.2) is 46.7 Å². The van der Waals surface area contributed by atoms with E-state index in [1.165, 1.54) is 45.1 Å². The highest BCUT2D eigenvalue weighted by Crippen LogP contribution is 2.34. The quantitative estimate of drug-likeness (QED) is 0.491. The zero-order valence-electron chi connectivity index (χ0n) is 16.5. The summed E-state index contributed by atoms with van der Waals surface area (Å²) in [5, 5.41) is 13.2. The SMILES string of the molecule is COc1ccnc(C(=S)N[C@@](C)(C=O)COC(C)[C@H](C)C2CCCC2)c1O. The van der Waals surface area contributed by atoms with Crippen molar-refractivity contribution in [3.63, 3.8) is 0 Å². The Morgan fingerprint density at radius 3 is 2.74 bits per heavy atom. The Labute approximate surface area is 166 Å². The molecular weight excluding hydrogens is 364 g/mol. The molecule has 1 aromatic rings. The summed E-state index contributed by atoms with van der Waals surface area (Å²) < 4.78 is 11.1. The van der Waals surface area contributed by atoms with Crippen molar-refractivity contribution >= 4 is 23.5 Å². The third-order valence-corrected chi connectivity index (χ3v) is 5.81. The number of aldehydes is 1. The number of hydrogen-bond acceptors (Lipinski definition) is 6. The predicted octanol–water partition coefficient (Wildman–Crippen LogP) is 3.25. The van der Waals surface area contributed by atoms with Gasteiger partial charge in [0.1, 0.15) is 22.5 Å². The number of nitrogens with zero attached hydrogens (tertiary/aromatic N) is 1. The van der Waals surface area contributed by atoms with Crippen LogP contribution in [0, 0.1) is 11.8 Å². The van der Waals surface area contributed by atoms with Crippen LogP contribution in [0.2, 0.25) is 0 Å². The first-order valence-electron chi connectivity index (χ1n) is 9.43. The Hall–Kier alpha value is -1.73. The maximum atomic E-state index is 11.7. The molecule has 6 nitrogen and oxygen atoms in total. The Kier molecular flexibility index (Phi) is 7.56. The normalized spacial score (nSPS) is 19.1. The van der Waals surface area contributed by atoms with Gasteiger partial charge in [-0.15, -0.1) is 0 Å². The molecule has 1 heterocycles. The highest BCUT2D eigenvalue weighted by Gasteiger charge is 2.31. The highest BCUT2D eigenvalue weighted by atomic mass is 32.1. The molecule has 0 bridgehead atoms.